The summed E-state index contributed by atoms with van der Waals surface area (Å²) < 4.78 is 5.15. The topological polar surface area (TPSA) is 37.9 Å². The number of imidazole rings is 1. The number of methoxy groups -OCH3 is 1. The number of halogens is 1. The summed E-state index contributed by atoms with van der Waals surface area (Å²) in [5.41, 5.74) is 1.73. The van der Waals surface area contributed by atoms with Crippen molar-refractivity contribution in [3.63, 3.8) is 0 Å². The van der Waals surface area contributed by atoms with E-state index >= 15 is 0 Å². The zero-order valence-corrected chi connectivity index (χ0v) is 8.14. The highest BCUT2D eigenvalue weighted by atomic mass is 35.5. The van der Waals surface area contributed by atoms with E-state index in [1.807, 2.05) is 13.0 Å². The predicted octanol–water partition coefficient (Wildman–Crippen LogP) is 2.53. The lowest BCUT2D eigenvalue weighted by Crippen LogP contribution is -1.84. The first kappa shape index (κ1) is 8.38. The van der Waals surface area contributed by atoms with Crippen LogP contribution in [0, 0.1) is 6.92 Å². The van der Waals surface area contributed by atoms with Gasteiger partial charge in [0.15, 0.2) is 0 Å². The normalized spacial score (nSPS) is 10.7. The monoisotopic (exact) mass is 196 g/mol. The molecule has 0 aliphatic heterocycles. The summed E-state index contributed by atoms with van der Waals surface area (Å²) >= 11 is 5.88. The fourth-order valence-corrected chi connectivity index (χ4v) is 1.54. The van der Waals surface area contributed by atoms with E-state index in [4.69, 9.17) is 16.3 Å². The smallest absolute Gasteiger partial charge is 0.148 e. The second-order valence-electron chi connectivity index (χ2n) is 2.83. The molecule has 2 aromatic rings. The van der Waals surface area contributed by atoms with Crippen LogP contribution in [0.4, 0.5) is 0 Å². The number of nitrogens with one attached hydrogen (secondary N) is 1. The number of rotatable bonds is 1. The number of hydrogen-bond acceptors (Lipinski definition) is 2. The van der Waals surface area contributed by atoms with Gasteiger partial charge in [0.2, 0.25) is 0 Å². The van der Waals surface area contributed by atoms with Crippen molar-refractivity contribution in [1.29, 1.82) is 0 Å². The molecule has 0 atom stereocenters. The Hall–Kier alpha value is -1.22. The van der Waals surface area contributed by atoms with Crippen LogP contribution >= 0.6 is 11.6 Å². The molecule has 0 aliphatic rings. The zero-order chi connectivity index (χ0) is 9.42. The first-order chi connectivity index (χ1) is 6.20. The number of hydrogen-bond donors (Lipinski definition) is 1. The molecule has 1 N–H and O–H groups in total. The number of aromatic amines is 1. The molecule has 4 heteroatoms. The molecular formula is C9H9ClN2O. The van der Waals surface area contributed by atoms with E-state index in [9.17, 15) is 0 Å². The third kappa shape index (κ3) is 1.35. The van der Waals surface area contributed by atoms with Crippen LogP contribution in [0.2, 0.25) is 5.02 Å². The average Bonchev–Trinajstić information content (AvgIpc) is 2.43. The first-order valence-electron chi connectivity index (χ1n) is 3.90. The third-order valence-corrected chi connectivity index (χ3v) is 2.07. The van der Waals surface area contributed by atoms with E-state index in [-0.39, 0.29) is 0 Å². The summed E-state index contributed by atoms with van der Waals surface area (Å²) in [4.78, 5) is 7.38. The van der Waals surface area contributed by atoms with Gasteiger partial charge >= 0.3 is 0 Å². The predicted molar refractivity (Wildman–Crippen MR) is 52.4 cm³/mol. The molecule has 1 aromatic heterocycles. The molecule has 0 saturated carbocycles. The lowest BCUT2D eigenvalue weighted by molar-refractivity contribution is 0.419. The van der Waals surface area contributed by atoms with Gasteiger partial charge in [-0.2, -0.15) is 0 Å². The van der Waals surface area contributed by atoms with Crippen LogP contribution < -0.4 is 4.74 Å². The number of nitrogens with zero attached hydrogens (tertiary/aromatic N) is 1. The van der Waals surface area contributed by atoms with E-state index in [1.54, 1.807) is 13.2 Å². The number of H-pyrrole nitrogens is 1. The number of benzene rings is 1. The van der Waals surface area contributed by atoms with Crippen molar-refractivity contribution in [1.82, 2.24) is 9.97 Å². The van der Waals surface area contributed by atoms with Gasteiger partial charge in [-0.1, -0.05) is 11.6 Å². The number of aromatic nitrogens is 2. The molecule has 0 saturated heterocycles. The van der Waals surface area contributed by atoms with Crippen molar-refractivity contribution in [3.05, 3.63) is 23.0 Å². The third-order valence-electron chi connectivity index (χ3n) is 1.85. The van der Waals surface area contributed by atoms with Gasteiger partial charge < -0.3 is 9.72 Å². The minimum Gasteiger partial charge on any atom is -0.494 e. The highest BCUT2D eigenvalue weighted by molar-refractivity contribution is 6.31. The fourth-order valence-electron chi connectivity index (χ4n) is 1.33. The van der Waals surface area contributed by atoms with Crippen LogP contribution in [0.3, 0.4) is 0 Å². The Balaban J connectivity index is 2.80. The van der Waals surface area contributed by atoms with Crippen LogP contribution in [0.15, 0.2) is 12.1 Å². The molecule has 0 fully saturated rings. The molecule has 2 rings (SSSR count). The molecule has 0 bridgehead atoms. The Kier molecular flexibility index (Phi) is 1.88. The van der Waals surface area contributed by atoms with Crippen LogP contribution in [-0.4, -0.2) is 17.1 Å². The van der Waals surface area contributed by atoms with Crippen LogP contribution in [0.25, 0.3) is 11.0 Å². The maximum absolute atomic E-state index is 5.88. The molecule has 0 aliphatic carbocycles. The Labute approximate surface area is 80.7 Å². The Morgan fingerprint density at radius 2 is 2.23 bits per heavy atom. The molecule has 68 valence electrons. The minimum atomic E-state index is 0.646. The number of fused-ring (bicyclic) bond motifs is 1. The molecule has 0 unspecified atom stereocenters. The van der Waals surface area contributed by atoms with Crippen LogP contribution in [-0.2, 0) is 0 Å². The van der Waals surface area contributed by atoms with Gasteiger partial charge in [-0.15, -0.1) is 0 Å². The van der Waals surface area contributed by atoms with Crippen molar-refractivity contribution in [2.75, 3.05) is 7.11 Å². The summed E-state index contributed by atoms with van der Waals surface area (Å²) in [5, 5.41) is 0.646. The van der Waals surface area contributed by atoms with Gasteiger partial charge in [-0.05, 0) is 13.0 Å². The van der Waals surface area contributed by atoms with Crippen molar-refractivity contribution in [2.24, 2.45) is 0 Å². The van der Waals surface area contributed by atoms with Crippen molar-refractivity contribution >= 4 is 22.6 Å². The fraction of sp³-hybridized carbons (Fsp3) is 0.222. The Morgan fingerprint density at radius 1 is 1.46 bits per heavy atom. The Morgan fingerprint density at radius 3 is 2.92 bits per heavy atom. The van der Waals surface area contributed by atoms with Gasteiger partial charge in [0.1, 0.15) is 17.1 Å². The van der Waals surface area contributed by atoms with E-state index in [0.29, 0.717) is 10.8 Å². The van der Waals surface area contributed by atoms with Crippen molar-refractivity contribution < 1.29 is 4.74 Å². The summed E-state index contributed by atoms with van der Waals surface area (Å²) in [6, 6.07) is 3.59. The van der Waals surface area contributed by atoms with Crippen LogP contribution in [0.5, 0.6) is 5.75 Å². The molecule has 13 heavy (non-hydrogen) atoms. The van der Waals surface area contributed by atoms with E-state index in [0.717, 1.165) is 16.9 Å². The maximum Gasteiger partial charge on any atom is 0.148 e. The molecule has 0 amide bonds. The zero-order valence-electron chi connectivity index (χ0n) is 7.39. The van der Waals surface area contributed by atoms with Crippen molar-refractivity contribution in [3.8, 4) is 5.75 Å². The van der Waals surface area contributed by atoms with Gasteiger partial charge in [-0.3, -0.25) is 0 Å². The standard InChI is InChI=1S/C9H9ClN2O/c1-5-11-7-3-6(10)4-8(13-2)9(7)12-5/h3-4H,1-2H3,(H,11,12). The lowest BCUT2D eigenvalue weighted by atomic mass is 10.3. The largest absolute Gasteiger partial charge is 0.494 e. The molecule has 1 aromatic carbocycles. The summed E-state index contributed by atoms with van der Waals surface area (Å²) in [5.74, 6) is 1.56. The summed E-state index contributed by atoms with van der Waals surface area (Å²) in [6.45, 7) is 1.90. The second-order valence-corrected chi connectivity index (χ2v) is 3.26. The first-order valence-corrected chi connectivity index (χ1v) is 4.28. The molecule has 1 heterocycles. The highest BCUT2D eigenvalue weighted by Crippen LogP contribution is 2.27. The highest BCUT2D eigenvalue weighted by Gasteiger charge is 2.06. The molecule has 3 nitrogen and oxygen atoms in total. The molecular weight excluding hydrogens is 188 g/mol. The van der Waals surface area contributed by atoms with Gasteiger partial charge in [0, 0.05) is 11.1 Å². The lowest BCUT2D eigenvalue weighted by Gasteiger charge is -2.00. The van der Waals surface area contributed by atoms with Gasteiger partial charge in [0.05, 0.1) is 12.6 Å². The minimum absolute atomic E-state index is 0.646. The number of aryl methyl sites for hydroxylation is 1. The molecule has 0 radical (unpaired) electrons. The quantitative estimate of drug-likeness (QED) is 0.761. The summed E-state index contributed by atoms with van der Waals surface area (Å²) in [7, 11) is 1.61. The SMILES string of the molecule is COc1cc(Cl)cc2[nH]c(C)nc12. The maximum atomic E-state index is 5.88. The summed E-state index contributed by atoms with van der Waals surface area (Å²) in [6.07, 6.45) is 0. The number of ether oxygens (including phenoxy) is 1. The van der Waals surface area contributed by atoms with E-state index in [1.165, 1.54) is 0 Å². The van der Waals surface area contributed by atoms with Crippen molar-refractivity contribution in [2.45, 2.75) is 6.92 Å². The van der Waals surface area contributed by atoms with E-state index < -0.39 is 0 Å². The van der Waals surface area contributed by atoms with E-state index in [2.05, 4.69) is 9.97 Å². The second kappa shape index (κ2) is 2.92. The van der Waals surface area contributed by atoms with Gasteiger partial charge in [-0.25, -0.2) is 4.98 Å². The van der Waals surface area contributed by atoms with Crippen LogP contribution in [0.1, 0.15) is 5.82 Å². The Bertz CT molecular complexity index is 450. The van der Waals surface area contributed by atoms with Gasteiger partial charge in [0.25, 0.3) is 0 Å². The molecule has 0 spiro atoms. The average molecular weight is 197 g/mol.